The molecule has 0 heterocycles. The summed E-state index contributed by atoms with van der Waals surface area (Å²) in [6.07, 6.45) is 60.5. The zero-order valence-corrected chi connectivity index (χ0v) is 40.9. The van der Waals surface area contributed by atoms with Gasteiger partial charge in [-0.3, -0.25) is 9.59 Å². The molecule has 0 spiro atoms. The van der Waals surface area contributed by atoms with Crippen LogP contribution in [0.4, 0.5) is 0 Å². The van der Waals surface area contributed by atoms with Crippen LogP contribution in [0.2, 0.25) is 0 Å². The van der Waals surface area contributed by atoms with E-state index in [9.17, 15) is 19.8 Å². The number of nitrogens with one attached hydrogen (secondary N) is 1. The molecule has 0 aliphatic heterocycles. The van der Waals surface area contributed by atoms with E-state index in [0.29, 0.717) is 19.4 Å². The maximum atomic E-state index is 12.4. The second-order valence-corrected chi connectivity index (χ2v) is 18.6. The predicted molar refractivity (Wildman–Crippen MR) is 264 cm³/mol. The first-order valence-electron chi connectivity index (χ1n) is 27.1. The topological polar surface area (TPSA) is 95.9 Å². The summed E-state index contributed by atoms with van der Waals surface area (Å²) in [5, 5.41) is 23.0. The lowest BCUT2D eigenvalue weighted by Crippen LogP contribution is -2.45. The van der Waals surface area contributed by atoms with Gasteiger partial charge in [-0.05, 0) is 57.8 Å². The highest BCUT2D eigenvalue weighted by Crippen LogP contribution is 2.16. The molecule has 0 saturated carbocycles. The van der Waals surface area contributed by atoms with Crippen LogP contribution < -0.4 is 5.32 Å². The number of unbranched alkanes of at least 4 members (excludes halogenated alkanes) is 37. The molecular weight excluding hydrogens is 755 g/mol. The number of carbonyl (C=O) groups is 2. The van der Waals surface area contributed by atoms with Crippen molar-refractivity contribution in [1.29, 1.82) is 0 Å². The van der Waals surface area contributed by atoms with Crippen molar-refractivity contribution in [1.82, 2.24) is 5.32 Å². The molecule has 2 atom stereocenters. The van der Waals surface area contributed by atoms with E-state index in [2.05, 4.69) is 31.3 Å². The number of aliphatic hydroxyl groups is 2. The molecule has 0 rings (SSSR count). The molecule has 6 nitrogen and oxygen atoms in total. The monoisotopic (exact) mass is 860 g/mol. The first-order valence-corrected chi connectivity index (χ1v) is 27.1. The van der Waals surface area contributed by atoms with E-state index >= 15 is 0 Å². The highest BCUT2D eigenvalue weighted by atomic mass is 16.5. The molecule has 0 aliphatic rings. The van der Waals surface area contributed by atoms with Crippen molar-refractivity contribution in [2.24, 2.45) is 0 Å². The van der Waals surface area contributed by atoms with Crippen molar-refractivity contribution in [2.45, 2.75) is 302 Å². The quantitative estimate of drug-likeness (QED) is 0.0322. The number of amides is 1. The fraction of sp³-hybridized carbons (Fsp3) is 0.891. The molecular formula is C55H105NO5. The van der Waals surface area contributed by atoms with Crippen molar-refractivity contribution in [3.8, 4) is 0 Å². The summed E-state index contributed by atoms with van der Waals surface area (Å²) in [7, 11) is 0. The van der Waals surface area contributed by atoms with Crippen molar-refractivity contribution in [2.75, 3.05) is 13.2 Å². The zero-order chi connectivity index (χ0) is 44.4. The van der Waals surface area contributed by atoms with Crippen LogP contribution in [0.3, 0.4) is 0 Å². The van der Waals surface area contributed by atoms with Crippen LogP contribution in [0, 0.1) is 0 Å². The molecule has 0 aromatic rings. The molecule has 0 aromatic heterocycles. The molecule has 0 aromatic carbocycles. The SMILES string of the molecule is CCCCCCCCCCC/C=C/C(O)C(CO)NC(=O)CCCCCCC/C=C\CCCCCCCCCOC(=O)CCCCCCCCCCCCCCCCCCC. The molecule has 6 heteroatoms. The molecule has 0 aliphatic carbocycles. The Morgan fingerprint density at radius 2 is 0.770 bits per heavy atom. The average molecular weight is 860 g/mol. The van der Waals surface area contributed by atoms with Crippen molar-refractivity contribution in [3.05, 3.63) is 24.3 Å². The Morgan fingerprint density at radius 3 is 1.16 bits per heavy atom. The third kappa shape index (κ3) is 47.7. The highest BCUT2D eigenvalue weighted by molar-refractivity contribution is 5.76. The van der Waals surface area contributed by atoms with E-state index in [1.165, 1.54) is 199 Å². The average Bonchev–Trinajstić information content (AvgIpc) is 3.26. The van der Waals surface area contributed by atoms with Gasteiger partial charge in [0.15, 0.2) is 0 Å². The van der Waals surface area contributed by atoms with Gasteiger partial charge in [0.2, 0.25) is 5.91 Å². The van der Waals surface area contributed by atoms with Gasteiger partial charge < -0.3 is 20.3 Å². The molecule has 360 valence electrons. The van der Waals surface area contributed by atoms with Crippen LogP contribution in [0.15, 0.2) is 24.3 Å². The summed E-state index contributed by atoms with van der Waals surface area (Å²) in [5.41, 5.74) is 0. The molecule has 2 unspecified atom stereocenters. The van der Waals surface area contributed by atoms with Gasteiger partial charge in [0, 0.05) is 12.8 Å². The van der Waals surface area contributed by atoms with E-state index in [1.54, 1.807) is 6.08 Å². The summed E-state index contributed by atoms with van der Waals surface area (Å²) in [5.74, 6) is -0.0864. The second kappa shape index (κ2) is 51.0. The number of ether oxygens (including phenoxy) is 1. The van der Waals surface area contributed by atoms with Crippen LogP contribution in [0.5, 0.6) is 0 Å². The maximum Gasteiger partial charge on any atom is 0.305 e. The Balaban J connectivity index is 3.45. The standard InChI is InChI=1S/C55H105NO5/c1-3-5-7-9-11-13-15-16-17-18-22-25-29-33-37-41-45-49-55(60)61-50-46-42-38-34-30-26-23-20-19-21-24-28-32-36-40-44-48-54(59)56-52(51-57)53(58)47-43-39-35-31-27-14-12-10-8-6-4-2/h19,21,43,47,52-53,57-58H,3-18,20,22-42,44-46,48-51H2,1-2H3,(H,56,59)/b21-19-,47-43+. The second-order valence-electron chi connectivity index (χ2n) is 18.6. The molecule has 0 fully saturated rings. The number of hydrogen-bond donors (Lipinski definition) is 3. The Morgan fingerprint density at radius 1 is 0.443 bits per heavy atom. The van der Waals surface area contributed by atoms with Gasteiger partial charge in [0.05, 0.1) is 25.4 Å². The third-order valence-electron chi connectivity index (χ3n) is 12.5. The minimum absolute atomic E-state index is 0.000283. The Hall–Kier alpha value is -1.66. The zero-order valence-electron chi connectivity index (χ0n) is 40.9. The molecule has 0 radical (unpaired) electrons. The van der Waals surface area contributed by atoms with Crippen LogP contribution in [-0.2, 0) is 14.3 Å². The van der Waals surface area contributed by atoms with E-state index in [0.717, 1.165) is 64.2 Å². The maximum absolute atomic E-state index is 12.4. The largest absolute Gasteiger partial charge is 0.466 e. The van der Waals surface area contributed by atoms with Gasteiger partial charge in [0.25, 0.3) is 0 Å². The van der Waals surface area contributed by atoms with Gasteiger partial charge >= 0.3 is 5.97 Å². The van der Waals surface area contributed by atoms with Crippen molar-refractivity contribution in [3.63, 3.8) is 0 Å². The number of aliphatic hydroxyl groups excluding tert-OH is 2. The Kier molecular flexibility index (Phi) is 49.6. The smallest absolute Gasteiger partial charge is 0.305 e. The van der Waals surface area contributed by atoms with Crippen LogP contribution in [0.1, 0.15) is 290 Å². The van der Waals surface area contributed by atoms with Gasteiger partial charge in [-0.1, -0.05) is 244 Å². The predicted octanol–water partition coefficient (Wildman–Crippen LogP) is 16.3. The number of carbonyl (C=O) groups excluding carboxylic acids is 2. The van der Waals surface area contributed by atoms with Crippen molar-refractivity contribution < 1.29 is 24.5 Å². The first-order chi connectivity index (χ1) is 30.0. The fourth-order valence-electron chi connectivity index (χ4n) is 8.27. The van der Waals surface area contributed by atoms with Crippen molar-refractivity contribution >= 4 is 11.9 Å². The lowest BCUT2D eigenvalue weighted by Gasteiger charge is -2.20. The number of hydrogen-bond acceptors (Lipinski definition) is 5. The van der Waals surface area contributed by atoms with Gasteiger partial charge in [-0.2, -0.15) is 0 Å². The fourth-order valence-corrected chi connectivity index (χ4v) is 8.27. The summed E-state index contributed by atoms with van der Waals surface area (Å²) < 4.78 is 5.48. The van der Waals surface area contributed by atoms with Crippen LogP contribution >= 0.6 is 0 Å². The first kappa shape index (κ1) is 59.3. The van der Waals surface area contributed by atoms with Gasteiger partial charge in [0.1, 0.15) is 0 Å². The highest BCUT2D eigenvalue weighted by Gasteiger charge is 2.18. The van der Waals surface area contributed by atoms with E-state index in [1.807, 2.05) is 6.08 Å². The number of allylic oxidation sites excluding steroid dienone is 3. The summed E-state index contributed by atoms with van der Waals surface area (Å²) in [4.78, 5) is 24.4. The lowest BCUT2D eigenvalue weighted by atomic mass is 10.0. The normalized spacial score (nSPS) is 12.8. The minimum Gasteiger partial charge on any atom is -0.466 e. The summed E-state index contributed by atoms with van der Waals surface area (Å²) >= 11 is 0. The van der Waals surface area contributed by atoms with E-state index in [4.69, 9.17) is 4.74 Å². The van der Waals surface area contributed by atoms with Gasteiger partial charge in [-0.15, -0.1) is 0 Å². The Labute approximate surface area is 380 Å². The number of esters is 1. The molecule has 0 saturated heterocycles. The molecule has 1 amide bonds. The molecule has 61 heavy (non-hydrogen) atoms. The van der Waals surface area contributed by atoms with Gasteiger partial charge in [-0.25, -0.2) is 0 Å². The minimum atomic E-state index is -0.853. The van der Waals surface area contributed by atoms with Crippen LogP contribution in [0.25, 0.3) is 0 Å². The lowest BCUT2D eigenvalue weighted by molar-refractivity contribution is -0.143. The summed E-state index contributed by atoms with van der Waals surface area (Å²) in [6, 6.07) is -0.638. The van der Waals surface area contributed by atoms with E-state index < -0.39 is 12.1 Å². The summed E-state index contributed by atoms with van der Waals surface area (Å²) in [6.45, 7) is 4.87. The third-order valence-corrected chi connectivity index (χ3v) is 12.5. The Bertz CT molecular complexity index is 951. The number of rotatable bonds is 50. The molecule has 0 bridgehead atoms. The van der Waals surface area contributed by atoms with Crippen LogP contribution in [-0.4, -0.2) is 47.4 Å². The van der Waals surface area contributed by atoms with E-state index in [-0.39, 0.29) is 18.5 Å². The molecule has 3 N–H and O–H groups in total.